The van der Waals surface area contributed by atoms with Gasteiger partial charge in [0.1, 0.15) is 0 Å². The summed E-state index contributed by atoms with van der Waals surface area (Å²) in [4.78, 5) is 12.4. The molecule has 0 saturated carbocycles. The van der Waals surface area contributed by atoms with E-state index in [9.17, 15) is 10.1 Å². The van der Waals surface area contributed by atoms with Crippen LogP contribution in [0.2, 0.25) is 10.0 Å². The van der Waals surface area contributed by atoms with Crippen molar-refractivity contribution in [3.8, 4) is 6.07 Å². The number of nitriles is 1. The molecule has 1 heterocycles. The second-order valence-corrected chi connectivity index (χ2v) is 6.37. The third-order valence-corrected chi connectivity index (χ3v) is 4.91. The summed E-state index contributed by atoms with van der Waals surface area (Å²) in [5.74, 6) is -0.256. The average molecular weight is 333 g/mol. The lowest BCUT2D eigenvalue weighted by Crippen LogP contribution is -2.31. The second kappa shape index (κ2) is 5.79. The number of benzene rings is 1. The number of halogens is 2. The Kier molecular flexibility index (Phi) is 3.99. The molecule has 1 aliphatic carbocycles. The van der Waals surface area contributed by atoms with Crippen LogP contribution in [0, 0.1) is 11.3 Å². The van der Waals surface area contributed by atoms with Crippen molar-refractivity contribution in [2.24, 2.45) is 0 Å². The van der Waals surface area contributed by atoms with E-state index in [0.717, 1.165) is 29.8 Å². The number of nitrogens with zero attached hydrogens (tertiary/aromatic N) is 1. The van der Waals surface area contributed by atoms with Gasteiger partial charge in [0.05, 0.1) is 27.6 Å². The van der Waals surface area contributed by atoms with Crippen LogP contribution in [-0.4, -0.2) is 5.78 Å². The predicted molar refractivity (Wildman–Crippen MR) is 86.5 cm³/mol. The van der Waals surface area contributed by atoms with Crippen LogP contribution in [0.4, 0.5) is 0 Å². The summed E-state index contributed by atoms with van der Waals surface area (Å²) in [6.07, 6.45) is 2.19. The standard InChI is InChI=1S/C17H14Cl2N2O/c1-9-11(8-20)16(10-5-6-12(18)13(19)7-10)17-14(21-9)3-2-4-15(17)22/h5-7,16,21H,2-4H2,1H3/t16-/m1/s1. The molecule has 3 nitrogen and oxygen atoms in total. The Bertz CT molecular complexity index is 771. The first-order chi connectivity index (χ1) is 10.5. The zero-order valence-corrected chi connectivity index (χ0v) is 13.6. The smallest absolute Gasteiger partial charge is 0.161 e. The number of rotatable bonds is 1. The number of hydrogen-bond acceptors (Lipinski definition) is 3. The molecule has 0 bridgehead atoms. The molecule has 0 saturated heterocycles. The van der Waals surface area contributed by atoms with Crippen molar-refractivity contribution >= 4 is 29.0 Å². The number of nitrogens with one attached hydrogen (secondary N) is 1. The highest BCUT2D eigenvalue weighted by molar-refractivity contribution is 6.42. The monoisotopic (exact) mass is 332 g/mol. The number of dihydropyridines is 1. The van der Waals surface area contributed by atoms with Gasteiger partial charge in [0.15, 0.2) is 5.78 Å². The molecular formula is C17H14Cl2N2O. The van der Waals surface area contributed by atoms with E-state index in [4.69, 9.17) is 23.2 Å². The molecule has 2 aliphatic rings. The predicted octanol–water partition coefficient (Wildman–Crippen LogP) is 4.48. The van der Waals surface area contributed by atoms with Crippen molar-refractivity contribution in [1.29, 1.82) is 5.26 Å². The zero-order chi connectivity index (χ0) is 15.9. The normalized spacial score (nSPS) is 21.4. The van der Waals surface area contributed by atoms with Crippen LogP contribution in [0.3, 0.4) is 0 Å². The topological polar surface area (TPSA) is 52.9 Å². The number of carbonyl (C=O) groups is 1. The SMILES string of the molecule is CC1=C(C#N)[C@@H](c2ccc(Cl)c(Cl)c2)C2=C(CCCC2=O)N1. The maximum atomic E-state index is 12.4. The van der Waals surface area contributed by atoms with Crippen LogP contribution in [0.1, 0.15) is 37.7 Å². The number of Topliss-reactive ketones (excluding diaryl/α,β-unsaturated/α-hetero) is 1. The van der Waals surface area contributed by atoms with Crippen LogP contribution in [0.15, 0.2) is 40.7 Å². The molecule has 112 valence electrons. The minimum absolute atomic E-state index is 0.102. The lowest BCUT2D eigenvalue weighted by Gasteiger charge is -2.32. The number of ketones is 1. The van der Waals surface area contributed by atoms with Gasteiger partial charge in [-0.3, -0.25) is 4.79 Å². The summed E-state index contributed by atoms with van der Waals surface area (Å²) in [5, 5.41) is 13.7. The third kappa shape index (κ3) is 2.43. The van der Waals surface area contributed by atoms with E-state index in [1.807, 2.05) is 13.0 Å². The highest BCUT2D eigenvalue weighted by atomic mass is 35.5. The highest BCUT2D eigenvalue weighted by Crippen LogP contribution is 2.42. The maximum absolute atomic E-state index is 12.4. The molecule has 5 heteroatoms. The van der Waals surface area contributed by atoms with Crippen molar-refractivity contribution < 1.29 is 4.79 Å². The Morgan fingerprint density at radius 1 is 1.27 bits per heavy atom. The first kappa shape index (κ1) is 15.1. The fourth-order valence-electron chi connectivity index (χ4n) is 3.16. The number of carbonyl (C=O) groups excluding carboxylic acids is 1. The van der Waals surface area contributed by atoms with Gasteiger partial charge in [0.2, 0.25) is 0 Å². The first-order valence-electron chi connectivity index (χ1n) is 7.12. The van der Waals surface area contributed by atoms with E-state index in [1.54, 1.807) is 12.1 Å². The van der Waals surface area contributed by atoms with Crippen LogP contribution in [-0.2, 0) is 4.79 Å². The van der Waals surface area contributed by atoms with Crippen molar-refractivity contribution in [3.63, 3.8) is 0 Å². The fourth-order valence-corrected chi connectivity index (χ4v) is 3.46. The van der Waals surface area contributed by atoms with E-state index in [2.05, 4.69) is 11.4 Å². The molecule has 1 aliphatic heterocycles. The molecule has 0 amide bonds. The van der Waals surface area contributed by atoms with E-state index in [-0.39, 0.29) is 11.7 Å². The summed E-state index contributed by atoms with van der Waals surface area (Å²) in [7, 11) is 0. The highest BCUT2D eigenvalue weighted by Gasteiger charge is 2.35. The summed E-state index contributed by atoms with van der Waals surface area (Å²) in [6.45, 7) is 1.87. The second-order valence-electron chi connectivity index (χ2n) is 5.55. The van der Waals surface area contributed by atoms with Gasteiger partial charge in [-0.05, 0) is 37.5 Å². The summed E-state index contributed by atoms with van der Waals surface area (Å²) < 4.78 is 0. The Hall–Kier alpha value is -1.76. The van der Waals surface area contributed by atoms with Gasteiger partial charge in [0.25, 0.3) is 0 Å². The number of hydrogen-bond donors (Lipinski definition) is 1. The van der Waals surface area contributed by atoms with Gasteiger partial charge in [-0.25, -0.2) is 0 Å². The molecule has 0 spiro atoms. The zero-order valence-electron chi connectivity index (χ0n) is 12.0. The summed E-state index contributed by atoms with van der Waals surface area (Å²) in [5.41, 5.74) is 3.82. The van der Waals surface area contributed by atoms with Gasteiger partial charge in [-0.2, -0.15) is 5.26 Å². The Morgan fingerprint density at radius 3 is 2.73 bits per heavy atom. The fraction of sp³-hybridized carbons (Fsp3) is 0.294. The Morgan fingerprint density at radius 2 is 2.05 bits per heavy atom. The average Bonchev–Trinajstić information content (AvgIpc) is 2.49. The van der Waals surface area contributed by atoms with Crippen LogP contribution >= 0.6 is 23.2 Å². The molecule has 0 fully saturated rings. The molecule has 0 radical (unpaired) electrons. The van der Waals surface area contributed by atoms with Crippen molar-refractivity contribution in [2.75, 3.05) is 0 Å². The lowest BCUT2D eigenvalue weighted by atomic mass is 9.76. The van der Waals surface area contributed by atoms with Gasteiger partial charge < -0.3 is 5.32 Å². The van der Waals surface area contributed by atoms with Crippen molar-refractivity contribution in [2.45, 2.75) is 32.1 Å². The van der Waals surface area contributed by atoms with Crippen LogP contribution in [0.25, 0.3) is 0 Å². The Balaban J connectivity index is 2.20. The molecule has 1 aromatic rings. The molecule has 1 aromatic carbocycles. The molecule has 1 N–H and O–H groups in total. The van der Waals surface area contributed by atoms with E-state index in [0.29, 0.717) is 27.6 Å². The van der Waals surface area contributed by atoms with Crippen molar-refractivity contribution in [3.05, 3.63) is 56.3 Å². The van der Waals surface area contributed by atoms with Gasteiger partial charge in [0, 0.05) is 23.4 Å². The van der Waals surface area contributed by atoms with Gasteiger partial charge >= 0.3 is 0 Å². The van der Waals surface area contributed by atoms with Gasteiger partial charge in [-0.15, -0.1) is 0 Å². The third-order valence-electron chi connectivity index (χ3n) is 4.17. The van der Waals surface area contributed by atoms with E-state index < -0.39 is 0 Å². The van der Waals surface area contributed by atoms with Crippen molar-refractivity contribution in [1.82, 2.24) is 5.32 Å². The Labute approximate surface area is 139 Å². The maximum Gasteiger partial charge on any atom is 0.161 e. The molecule has 22 heavy (non-hydrogen) atoms. The molecule has 0 aromatic heterocycles. The van der Waals surface area contributed by atoms with Crippen LogP contribution in [0.5, 0.6) is 0 Å². The van der Waals surface area contributed by atoms with Crippen LogP contribution < -0.4 is 5.32 Å². The van der Waals surface area contributed by atoms with Gasteiger partial charge in [-0.1, -0.05) is 29.3 Å². The molecular weight excluding hydrogens is 319 g/mol. The lowest BCUT2D eigenvalue weighted by molar-refractivity contribution is -0.116. The quantitative estimate of drug-likeness (QED) is 0.824. The van der Waals surface area contributed by atoms with E-state index >= 15 is 0 Å². The summed E-state index contributed by atoms with van der Waals surface area (Å²) in [6, 6.07) is 7.53. The first-order valence-corrected chi connectivity index (χ1v) is 7.87. The van der Waals surface area contributed by atoms with E-state index in [1.165, 1.54) is 0 Å². The minimum Gasteiger partial charge on any atom is -0.361 e. The molecule has 0 unspecified atom stereocenters. The summed E-state index contributed by atoms with van der Waals surface area (Å²) >= 11 is 12.1. The molecule has 3 rings (SSSR count). The molecule has 1 atom stereocenters. The minimum atomic E-state index is -0.358. The largest absolute Gasteiger partial charge is 0.361 e. The number of allylic oxidation sites excluding steroid dienone is 4.